The second kappa shape index (κ2) is 7.61. The Morgan fingerprint density at radius 3 is 2.42 bits per heavy atom. The summed E-state index contributed by atoms with van der Waals surface area (Å²) in [5.74, 6) is -0.516. The van der Waals surface area contributed by atoms with Crippen molar-refractivity contribution in [1.82, 2.24) is 5.32 Å². The third kappa shape index (κ3) is 3.70. The number of hydrogen-bond acceptors (Lipinski definition) is 6. The number of hydrogen-bond donors (Lipinski definition) is 2. The van der Waals surface area contributed by atoms with E-state index in [2.05, 4.69) is 39.2 Å². The maximum atomic E-state index is 13.5. The molecule has 4 rings (SSSR count). The van der Waals surface area contributed by atoms with Crippen molar-refractivity contribution in [3.8, 4) is 0 Å². The molecule has 0 aromatic carbocycles. The number of rotatable bonds is 5. The highest BCUT2D eigenvalue weighted by atomic mass is 28.4. The molecule has 0 amide bonds. The zero-order valence-corrected chi connectivity index (χ0v) is 22.6. The van der Waals surface area contributed by atoms with Crippen LogP contribution >= 0.6 is 0 Å². The first-order valence-corrected chi connectivity index (χ1v) is 15.3. The largest absolute Gasteiger partial charge is 0.455 e. The van der Waals surface area contributed by atoms with Crippen molar-refractivity contribution in [1.29, 1.82) is 0 Å². The third-order valence-corrected chi connectivity index (χ3v) is 13.7. The average molecular weight is 476 g/mol. The van der Waals surface area contributed by atoms with E-state index < -0.39 is 30.9 Å². The van der Waals surface area contributed by atoms with Crippen LogP contribution in [0.1, 0.15) is 67.2 Å². The van der Waals surface area contributed by atoms with Crippen LogP contribution in [0.25, 0.3) is 0 Å². The molecule has 2 N–H and O–H groups in total. The smallest absolute Gasteiger partial charge is 0.323 e. The van der Waals surface area contributed by atoms with E-state index in [1.165, 1.54) is 0 Å². The van der Waals surface area contributed by atoms with Crippen molar-refractivity contribution < 1.29 is 23.9 Å². The van der Waals surface area contributed by atoms with Crippen LogP contribution in [0.2, 0.25) is 18.1 Å². The molecule has 3 aliphatic carbocycles. The quantitative estimate of drug-likeness (QED) is 0.461. The fourth-order valence-corrected chi connectivity index (χ4v) is 6.68. The molecule has 4 atom stereocenters. The zero-order valence-electron chi connectivity index (χ0n) is 21.6. The molecule has 6 nitrogen and oxygen atoms in total. The van der Waals surface area contributed by atoms with Gasteiger partial charge in [-0.15, -0.1) is 0 Å². The summed E-state index contributed by atoms with van der Waals surface area (Å²) in [7, 11) is -2.07. The van der Waals surface area contributed by atoms with Crippen LogP contribution in [0, 0.1) is 10.8 Å². The summed E-state index contributed by atoms with van der Waals surface area (Å²) in [5.41, 5.74) is -0.350. The predicted octanol–water partition coefficient (Wildman–Crippen LogP) is 4.05. The zero-order chi connectivity index (χ0) is 24.6. The van der Waals surface area contributed by atoms with E-state index in [4.69, 9.17) is 9.16 Å². The summed E-state index contributed by atoms with van der Waals surface area (Å²) in [6, 6.07) is -0.308. The lowest BCUT2D eigenvalue weighted by atomic mass is 9.67. The third-order valence-electron chi connectivity index (χ3n) is 9.24. The summed E-state index contributed by atoms with van der Waals surface area (Å²) in [6.07, 6.45) is 4.59. The summed E-state index contributed by atoms with van der Waals surface area (Å²) in [4.78, 5) is 26.6. The summed E-state index contributed by atoms with van der Waals surface area (Å²) in [5, 5.41) is 14.5. The molecule has 4 aliphatic rings. The van der Waals surface area contributed by atoms with Crippen molar-refractivity contribution in [2.24, 2.45) is 10.8 Å². The van der Waals surface area contributed by atoms with E-state index in [1.54, 1.807) is 6.92 Å². The minimum absolute atomic E-state index is 0.0363. The van der Waals surface area contributed by atoms with E-state index in [0.29, 0.717) is 12.2 Å². The van der Waals surface area contributed by atoms with Gasteiger partial charge in [-0.2, -0.15) is 0 Å². The van der Waals surface area contributed by atoms with E-state index in [1.807, 2.05) is 19.9 Å². The van der Waals surface area contributed by atoms with Crippen molar-refractivity contribution in [2.75, 3.05) is 13.2 Å². The maximum Gasteiger partial charge on any atom is 0.323 e. The minimum Gasteiger partial charge on any atom is -0.455 e. The van der Waals surface area contributed by atoms with Gasteiger partial charge in [-0.3, -0.25) is 9.59 Å². The van der Waals surface area contributed by atoms with Gasteiger partial charge in [0, 0.05) is 28.6 Å². The SMILES string of the molecule is CC1=C2C(=C[C@@](C)(CO[Si](C)(C)C(C)(C)C)[C@@H]2OC(=O)[C@@H]2CCCN2)C(=O)C(C)(O)C12CC2. The molecule has 7 heteroatoms. The first kappa shape index (κ1) is 24.8. The lowest BCUT2D eigenvalue weighted by Gasteiger charge is -2.42. The standard InChI is InChI=1S/C26H41NO5Si/c1-16-19-17(20(28)25(6,30)26(16)11-12-26)14-24(5,15-31-33(7,8)23(2,3)4)21(19)32-22(29)18-10-9-13-27-18/h14,18,21,27,30H,9-13,15H2,1-8H3/t18-,21+,24-,25?/m0/s1. The Balaban J connectivity index is 1.74. The van der Waals surface area contributed by atoms with Crippen LogP contribution in [0.4, 0.5) is 0 Å². The Morgan fingerprint density at radius 1 is 1.27 bits per heavy atom. The molecule has 0 aromatic rings. The summed E-state index contributed by atoms with van der Waals surface area (Å²) >= 11 is 0. The number of carbonyl (C=O) groups excluding carboxylic acids is 2. The summed E-state index contributed by atoms with van der Waals surface area (Å²) < 4.78 is 12.8. The van der Waals surface area contributed by atoms with Crippen LogP contribution in [0.15, 0.2) is 22.8 Å². The first-order chi connectivity index (χ1) is 15.1. The van der Waals surface area contributed by atoms with Crippen LogP contribution in [-0.2, 0) is 18.8 Å². The second-order valence-corrected chi connectivity index (χ2v) is 17.4. The Bertz CT molecular complexity index is 931. The highest BCUT2D eigenvalue weighted by molar-refractivity contribution is 6.74. The lowest BCUT2D eigenvalue weighted by molar-refractivity contribution is -0.154. The Kier molecular flexibility index (Phi) is 5.72. The Hall–Kier alpha value is -1.28. The van der Waals surface area contributed by atoms with Gasteiger partial charge in [0.05, 0.1) is 0 Å². The van der Waals surface area contributed by atoms with Gasteiger partial charge >= 0.3 is 5.97 Å². The van der Waals surface area contributed by atoms with Crippen LogP contribution in [0.3, 0.4) is 0 Å². The molecule has 33 heavy (non-hydrogen) atoms. The Morgan fingerprint density at radius 2 is 1.91 bits per heavy atom. The molecule has 1 heterocycles. The van der Waals surface area contributed by atoms with E-state index in [-0.39, 0.29) is 22.8 Å². The molecule has 1 unspecified atom stereocenters. The van der Waals surface area contributed by atoms with Crippen LogP contribution in [-0.4, -0.2) is 56.1 Å². The number of esters is 1. The number of aliphatic hydroxyl groups is 1. The minimum atomic E-state index is -2.07. The van der Waals surface area contributed by atoms with Crippen LogP contribution in [0.5, 0.6) is 0 Å². The van der Waals surface area contributed by atoms with Crippen molar-refractivity contribution >= 4 is 20.1 Å². The molecule has 1 aliphatic heterocycles. The molecule has 0 radical (unpaired) electrons. The lowest BCUT2D eigenvalue weighted by Crippen LogP contribution is -2.51. The molecule has 1 spiro atoms. The maximum absolute atomic E-state index is 13.5. The number of Topliss-reactive ketones (excluding diaryl/α,β-unsaturated/α-hetero) is 1. The summed E-state index contributed by atoms with van der Waals surface area (Å²) in [6.45, 7) is 17.8. The fourth-order valence-electron chi connectivity index (χ4n) is 5.58. The predicted molar refractivity (Wildman–Crippen MR) is 130 cm³/mol. The normalized spacial score (nSPS) is 35.7. The highest BCUT2D eigenvalue weighted by Gasteiger charge is 2.67. The van der Waals surface area contributed by atoms with Crippen molar-refractivity contribution in [3.05, 3.63) is 22.8 Å². The Labute approximate surface area is 199 Å². The molecule has 0 aromatic heterocycles. The average Bonchev–Trinajstić information content (AvgIpc) is 3.25. The number of fused-ring (bicyclic) bond motifs is 1. The van der Waals surface area contributed by atoms with Crippen molar-refractivity contribution in [3.63, 3.8) is 0 Å². The molecular weight excluding hydrogens is 434 g/mol. The van der Waals surface area contributed by atoms with Gasteiger partial charge in [-0.25, -0.2) is 0 Å². The molecule has 1 saturated heterocycles. The molecule has 184 valence electrons. The molecule has 1 saturated carbocycles. The van der Waals surface area contributed by atoms with Gasteiger partial charge in [-0.05, 0) is 71.1 Å². The first-order valence-electron chi connectivity index (χ1n) is 12.4. The highest BCUT2D eigenvalue weighted by Crippen LogP contribution is 2.66. The van der Waals surface area contributed by atoms with Gasteiger partial charge in [0.25, 0.3) is 0 Å². The number of ketones is 1. The van der Waals surface area contributed by atoms with E-state index >= 15 is 0 Å². The fraction of sp³-hybridized carbons (Fsp3) is 0.769. The number of carbonyl (C=O) groups is 2. The van der Waals surface area contributed by atoms with Crippen LogP contribution < -0.4 is 5.32 Å². The van der Waals surface area contributed by atoms with Gasteiger partial charge in [-0.1, -0.05) is 32.4 Å². The van der Waals surface area contributed by atoms with E-state index in [0.717, 1.165) is 43.4 Å². The molecular formula is C26H41NO5Si. The van der Waals surface area contributed by atoms with Gasteiger partial charge in [0.1, 0.15) is 17.7 Å². The van der Waals surface area contributed by atoms with Crippen molar-refractivity contribution in [2.45, 2.75) is 103 Å². The monoisotopic (exact) mass is 475 g/mol. The van der Waals surface area contributed by atoms with E-state index in [9.17, 15) is 14.7 Å². The second-order valence-electron chi connectivity index (χ2n) is 12.6. The topological polar surface area (TPSA) is 84.9 Å². The molecule has 0 bridgehead atoms. The molecule has 2 fully saturated rings. The number of nitrogens with one attached hydrogen (secondary N) is 1. The number of ether oxygens (including phenoxy) is 1. The van der Waals surface area contributed by atoms with Gasteiger partial charge in [0.15, 0.2) is 14.1 Å². The van der Waals surface area contributed by atoms with Gasteiger partial charge in [0.2, 0.25) is 0 Å². The van der Waals surface area contributed by atoms with Gasteiger partial charge < -0.3 is 19.6 Å².